The van der Waals surface area contributed by atoms with Crippen LogP contribution in [-0.2, 0) is 19.1 Å². The normalized spacial score (nSPS) is 17.8. The average Bonchev–Trinajstić information content (AvgIpc) is 3.25. The molecule has 0 aliphatic carbocycles. The molecular formula is C20H33ClFN3O8. The second-order valence-corrected chi connectivity index (χ2v) is 8.44. The van der Waals surface area contributed by atoms with Gasteiger partial charge < -0.3 is 30.5 Å². The van der Waals surface area contributed by atoms with E-state index < -0.39 is 52.4 Å². The Kier molecular flexibility index (Phi) is 12.5. The van der Waals surface area contributed by atoms with Gasteiger partial charge in [0, 0.05) is 6.38 Å². The van der Waals surface area contributed by atoms with E-state index in [0.717, 1.165) is 10.8 Å². The van der Waals surface area contributed by atoms with Gasteiger partial charge in [0.15, 0.2) is 11.6 Å². The number of nitrogens with two attached hydrogens (primary N) is 1. The molecule has 2 rings (SSSR count). The number of carbonyl (C=O) groups excluding carboxylic acids is 1. The Morgan fingerprint density at radius 2 is 1.79 bits per heavy atom. The van der Waals surface area contributed by atoms with Crippen LogP contribution in [0.15, 0.2) is 11.0 Å². The lowest BCUT2D eigenvalue weighted by atomic mass is 9.95. The molecule has 1 fully saturated rings. The van der Waals surface area contributed by atoms with Gasteiger partial charge in [-0.15, -0.1) is 11.6 Å². The predicted molar refractivity (Wildman–Crippen MR) is 118 cm³/mol. The maximum atomic E-state index is 13.4. The SMILES string of the molecule is CC(C)(CO)C(=O)O.CC(C)(CO)C(=O)OCC1CCC(n2cc(F)c(N)nc2=O)O1.CCl. The summed E-state index contributed by atoms with van der Waals surface area (Å²) in [5, 5.41) is 25.8. The minimum Gasteiger partial charge on any atom is -0.481 e. The molecule has 190 valence electrons. The molecule has 2 heterocycles. The maximum absolute atomic E-state index is 13.4. The summed E-state index contributed by atoms with van der Waals surface area (Å²) in [5.74, 6) is -2.77. The second-order valence-electron chi connectivity index (χ2n) is 8.44. The number of esters is 1. The van der Waals surface area contributed by atoms with Crippen molar-refractivity contribution in [2.45, 2.75) is 52.9 Å². The number of aliphatic hydroxyl groups excluding tert-OH is 2. The Bertz CT molecular complexity index is 847. The predicted octanol–water partition coefficient (Wildman–Crippen LogP) is 1.15. The first kappa shape index (κ1) is 30.7. The third-order valence-corrected chi connectivity index (χ3v) is 4.65. The van der Waals surface area contributed by atoms with Gasteiger partial charge in [-0.1, -0.05) is 0 Å². The van der Waals surface area contributed by atoms with Gasteiger partial charge >= 0.3 is 17.6 Å². The van der Waals surface area contributed by atoms with E-state index >= 15 is 0 Å². The van der Waals surface area contributed by atoms with Crippen LogP contribution in [0.3, 0.4) is 0 Å². The molecule has 0 saturated carbocycles. The van der Waals surface area contributed by atoms with E-state index in [-0.39, 0.29) is 19.8 Å². The number of hydrogen-bond donors (Lipinski definition) is 4. The molecule has 33 heavy (non-hydrogen) atoms. The number of halogens is 2. The molecular weight excluding hydrogens is 465 g/mol. The van der Waals surface area contributed by atoms with E-state index in [4.69, 9.17) is 30.5 Å². The highest BCUT2D eigenvalue weighted by atomic mass is 35.5. The van der Waals surface area contributed by atoms with Gasteiger partial charge in [-0.2, -0.15) is 4.98 Å². The number of anilines is 1. The fraction of sp³-hybridized carbons (Fsp3) is 0.700. The zero-order valence-electron chi connectivity index (χ0n) is 19.4. The Labute approximate surface area is 196 Å². The van der Waals surface area contributed by atoms with Gasteiger partial charge in [-0.3, -0.25) is 14.2 Å². The molecule has 2 atom stereocenters. The third kappa shape index (κ3) is 9.24. The van der Waals surface area contributed by atoms with E-state index in [1.165, 1.54) is 20.2 Å². The summed E-state index contributed by atoms with van der Waals surface area (Å²) in [4.78, 5) is 37.0. The molecule has 1 aromatic heterocycles. The van der Waals surface area contributed by atoms with Crippen molar-refractivity contribution in [2.75, 3.05) is 31.9 Å². The lowest BCUT2D eigenvalue weighted by Gasteiger charge is -2.21. The van der Waals surface area contributed by atoms with Gasteiger partial charge in [-0.25, -0.2) is 9.18 Å². The van der Waals surface area contributed by atoms with Crippen LogP contribution in [0.1, 0.15) is 46.8 Å². The molecule has 0 amide bonds. The maximum Gasteiger partial charge on any atom is 0.351 e. The van der Waals surface area contributed by atoms with Gasteiger partial charge in [0.2, 0.25) is 0 Å². The summed E-state index contributed by atoms with van der Waals surface area (Å²) in [6.45, 7) is 5.42. The summed E-state index contributed by atoms with van der Waals surface area (Å²) in [5.41, 5.74) is 2.56. The van der Waals surface area contributed by atoms with Crippen LogP contribution in [-0.4, -0.2) is 69.1 Å². The lowest BCUT2D eigenvalue weighted by Crippen LogP contribution is -2.33. The van der Waals surface area contributed by atoms with Gasteiger partial charge in [0.1, 0.15) is 12.8 Å². The summed E-state index contributed by atoms with van der Waals surface area (Å²) in [7, 11) is 0. The van der Waals surface area contributed by atoms with Gasteiger partial charge in [0.25, 0.3) is 0 Å². The number of ether oxygens (including phenoxy) is 2. The number of carbonyl (C=O) groups is 2. The molecule has 1 saturated heterocycles. The van der Waals surface area contributed by atoms with Crippen LogP contribution in [0.25, 0.3) is 0 Å². The van der Waals surface area contributed by atoms with Crippen LogP contribution in [0.4, 0.5) is 10.2 Å². The Morgan fingerprint density at radius 1 is 1.24 bits per heavy atom. The first-order chi connectivity index (χ1) is 15.2. The number of carboxylic acid groups (broad SMARTS) is 1. The Morgan fingerprint density at radius 3 is 2.24 bits per heavy atom. The highest BCUT2D eigenvalue weighted by Gasteiger charge is 2.32. The topological polar surface area (TPSA) is 174 Å². The molecule has 1 aromatic rings. The minimum absolute atomic E-state index is 0.00159. The van der Waals surface area contributed by atoms with Crippen molar-refractivity contribution in [1.82, 2.24) is 9.55 Å². The summed E-state index contributed by atoms with van der Waals surface area (Å²) < 4.78 is 25.2. The Hall–Kier alpha value is -2.28. The van der Waals surface area contributed by atoms with E-state index in [2.05, 4.69) is 16.6 Å². The smallest absolute Gasteiger partial charge is 0.351 e. The molecule has 2 unspecified atom stereocenters. The molecule has 0 aromatic carbocycles. The van der Waals surface area contributed by atoms with Crippen molar-refractivity contribution >= 4 is 29.4 Å². The number of hydrogen-bond acceptors (Lipinski definition) is 9. The number of aromatic nitrogens is 2. The minimum atomic E-state index is -0.987. The third-order valence-electron chi connectivity index (χ3n) is 4.65. The first-order valence-corrected chi connectivity index (χ1v) is 10.7. The van der Waals surface area contributed by atoms with Crippen LogP contribution in [0.5, 0.6) is 0 Å². The zero-order valence-corrected chi connectivity index (χ0v) is 20.1. The van der Waals surface area contributed by atoms with Crippen LogP contribution in [0.2, 0.25) is 0 Å². The van der Waals surface area contributed by atoms with Crippen molar-refractivity contribution in [1.29, 1.82) is 0 Å². The molecule has 0 spiro atoms. The highest BCUT2D eigenvalue weighted by molar-refractivity contribution is 6.15. The number of rotatable bonds is 7. The molecule has 0 radical (unpaired) electrons. The van der Waals surface area contributed by atoms with Gasteiger partial charge in [-0.05, 0) is 40.5 Å². The fourth-order valence-corrected chi connectivity index (χ4v) is 2.17. The number of aliphatic carboxylic acids is 1. The van der Waals surface area contributed by atoms with Crippen molar-refractivity contribution in [3.63, 3.8) is 0 Å². The number of nitrogen functional groups attached to an aromatic ring is 1. The van der Waals surface area contributed by atoms with E-state index in [1.807, 2.05) is 0 Å². The largest absolute Gasteiger partial charge is 0.481 e. The summed E-state index contributed by atoms with van der Waals surface area (Å²) in [6.07, 6.45) is 2.33. The van der Waals surface area contributed by atoms with E-state index in [0.29, 0.717) is 12.8 Å². The number of carboxylic acids is 1. The summed E-state index contributed by atoms with van der Waals surface area (Å²) in [6, 6.07) is 0. The quantitative estimate of drug-likeness (QED) is 0.316. The molecule has 11 nitrogen and oxygen atoms in total. The molecule has 0 bridgehead atoms. The van der Waals surface area contributed by atoms with E-state index in [9.17, 15) is 18.8 Å². The van der Waals surface area contributed by atoms with E-state index in [1.54, 1.807) is 13.8 Å². The Balaban J connectivity index is 0.000000868. The lowest BCUT2D eigenvalue weighted by molar-refractivity contribution is -0.160. The number of aliphatic hydroxyl groups is 2. The van der Waals surface area contributed by atoms with Crippen molar-refractivity contribution < 1.29 is 38.8 Å². The van der Waals surface area contributed by atoms with Crippen LogP contribution in [0, 0.1) is 16.6 Å². The zero-order chi connectivity index (χ0) is 26.0. The fourth-order valence-electron chi connectivity index (χ4n) is 2.17. The van der Waals surface area contributed by atoms with Crippen molar-refractivity contribution in [3.05, 3.63) is 22.5 Å². The van der Waals surface area contributed by atoms with Crippen molar-refractivity contribution in [2.24, 2.45) is 10.8 Å². The standard InChI is InChI=1S/C14H20FN3O5.C5H10O3.CH3Cl/c1-14(2,7-19)12(20)22-6-8-3-4-10(23-8)18-5-9(15)11(16)17-13(18)21;1-5(2,3-6)4(7)8;1-2/h5,8,10,19H,3-4,6-7H2,1-2H3,(H2,16,17,21);6H,3H2,1-2H3,(H,7,8);1H3. The van der Waals surface area contributed by atoms with Crippen LogP contribution < -0.4 is 11.4 Å². The molecule has 1 aliphatic rings. The molecule has 1 aliphatic heterocycles. The first-order valence-electron chi connectivity index (χ1n) is 9.95. The summed E-state index contributed by atoms with van der Waals surface area (Å²) >= 11 is 4.64. The second kappa shape index (κ2) is 13.4. The molecule has 13 heteroatoms. The number of alkyl halides is 1. The van der Waals surface area contributed by atoms with Gasteiger partial charge in [0.05, 0.1) is 36.3 Å². The number of nitrogens with zero attached hydrogens (tertiary/aromatic N) is 2. The average molecular weight is 498 g/mol. The van der Waals surface area contributed by atoms with Crippen LogP contribution >= 0.6 is 11.6 Å². The monoisotopic (exact) mass is 497 g/mol. The molecule has 5 N–H and O–H groups in total. The highest BCUT2D eigenvalue weighted by Crippen LogP contribution is 2.28. The van der Waals surface area contributed by atoms with Crippen molar-refractivity contribution in [3.8, 4) is 0 Å².